The summed E-state index contributed by atoms with van der Waals surface area (Å²) in [7, 11) is 0. The minimum absolute atomic E-state index is 0.500. The lowest BCUT2D eigenvalue weighted by Gasteiger charge is -1.85. The Bertz CT molecular complexity index is 313. The van der Waals surface area contributed by atoms with E-state index < -0.39 is 0 Å². The van der Waals surface area contributed by atoms with Crippen molar-refractivity contribution in [1.29, 1.82) is 0 Å². The highest BCUT2D eigenvalue weighted by atomic mass is 16.7. The van der Waals surface area contributed by atoms with Crippen molar-refractivity contribution in [3.8, 4) is 5.75 Å². The summed E-state index contributed by atoms with van der Waals surface area (Å²) in [5.74, 6) is 0.746. The van der Waals surface area contributed by atoms with Crippen LogP contribution in [0, 0.1) is 0 Å². The summed E-state index contributed by atoms with van der Waals surface area (Å²) in [4.78, 5) is 15.2. The van der Waals surface area contributed by atoms with Gasteiger partial charge in [0.15, 0.2) is 0 Å². The largest absolute Gasteiger partial charge is 0.478 e. The summed E-state index contributed by atoms with van der Waals surface area (Å²) in [6, 6.07) is 7.53. The van der Waals surface area contributed by atoms with E-state index in [0.717, 1.165) is 16.1 Å². The maximum absolute atomic E-state index is 10.2. The molecule has 0 saturated heterocycles. The van der Waals surface area contributed by atoms with Crippen LogP contribution in [-0.4, -0.2) is 10.8 Å². The summed E-state index contributed by atoms with van der Waals surface area (Å²) < 4.78 is 1.14. The van der Waals surface area contributed by atoms with Gasteiger partial charge in [-0.15, -0.1) is 0 Å². The van der Waals surface area contributed by atoms with Crippen LogP contribution < -0.4 is 4.84 Å². The molecule has 11 heavy (non-hydrogen) atoms. The van der Waals surface area contributed by atoms with Crippen LogP contribution in [0.15, 0.2) is 24.3 Å². The zero-order valence-corrected chi connectivity index (χ0v) is 5.78. The third-order valence-corrected chi connectivity index (χ3v) is 1.60. The van der Waals surface area contributed by atoms with E-state index >= 15 is 0 Å². The van der Waals surface area contributed by atoms with E-state index in [2.05, 4.69) is 0 Å². The first-order valence-corrected chi connectivity index (χ1v) is 3.31. The summed E-state index contributed by atoms with van der Waals surface area (Å²) in [6.07, 6.45) is 1.67. The van der Waals surface area contributed by atoms with Crippen molar-refractivity contribution in [2.45, 2.75) is 6.54 Å². The number of para-hydroxylation sites is 1. The van der Waals surface area contributed by atoms with Crippen molar-refractivity contribution in [2.24, 2.45) is 0 Å². The van der Waals surface area contributed by atoms with Crippen molar-refractivity contribution in [3.05, 3.63) is 29.8 Å². The first kappa shape index (κ1) is 6.13. The highest BCUT2D eigenvalue weighted by Gasteiger charge is 2.24. The van der Waals surface area contributed by atoms with Crippen LogP contribution >= 0.6 is 0 Å². The first-order valence-electron chi connectivity index (χ1n) is 3.31. The summed E-state index contributed by atoms with van der Waals surface area (Å²) >= 11 is 0. The third-order valence-electron chi connectivity index (χ3n) is 1.60. The minimum Gasteiger partial charge on any atom is -0.224 e. The number of hydroxylamine groups is 1. The Balaban J connectivity index is 2.48. The molecule has 0 aromatic heterocycles. The number of rotatable bonds is 0. The van der Waals surface area contributed by atoms with E-state index in [1.807, 2.05) is 24.3 Å². The lowest BCUT2D eigenvalue weighted by Crippen LogP contribution is -2.05. The summed E-state index contributed by atoms with van der Waals surface area (Å²) in [6.45, 7) is 0.500. The Morgan fingerprint density at radius 2 is 2.27 bits per heavy atom. The quantitative estimate of drug-likeness (QED) is 0.403. The molecule has 0 fully saturated rings. The molecule has 1 aromatic rings. The van der Waals surface area contributed by atoms with Crippen molar-refractivity contribution in [1.82, 2.24) is 0 Å². The van der Waals surface area contributed by atoms with Crippen LogP contribution in [-0.2, 0) is 11.3 Å². The Morgan fingerprint density at radius 3 is 3.00 bits per heavy atom. The maximum atomic E-state index is 10.2. The van der Waals surface area contributed by atoms with Gasteiger partial charge in [-0.05, 0) is 12.1 Å². The molecule has 0 atom stereocenters. The zero-order chi connectivity index (χ0) is 7.68. The number of hydrogen-bond donors (Lipinski definition) is 0. The number of fused-ring (bicyclic) bond motifs is 1. The van der Waals surface area contributed by atoms with E-state index in [9.17, 15) is 4.79 Å². The molecule has 0 aliphatic carbocycles. The van der Waals surface area contributed by atoms with Gasteiger partial charge in [0.1, 0.15) is 0 Å². The molecule has 1 heterocycles. The predicted molar refractivity (Wildman–Crippen MR) is 36.7 cm³/mol. The molecule has 1 aliphatic heterocycles. The van der Waals surface area contributed by atoms with Crippen LogP contribution in [0.1, 0.15) is 5.56 Å². The van der Waals surface area contributed by atoms with Crippen LogP contribution in [0.4, 0.5) is 0 Å². The van der Waals surface area contributed by atoms with Gasteiger partial charge in [0.05, 0.1) is 10.3 Å². The van der Waals surface area contributed by atoms with Gasteiger partial charge in [0.2, 0.25) is 12.3 Å². The zero-order valence-electron chi connectivity index (χ0n) is 5.78. The van der Waals surface area contributed by atoms with Crippen molar-refractivity contribution in [2.75, 3.05) is 0 Å². The fourth-order valence-corrected chi connectivity index (χ4v) is 1.08. The molecule has 0 unspecified atom stereocenters. The lowest BCUT2D eigenvalue weighted by atomic mass is 10.2. The predicted octanol–water partition coefficient (Wildman–Crippen LogP) is 0.842. The molecule has 0 radical (unpaired) electrons. The molecule has 1 aliphatic rings. The van der Waals surface area contributed by atoms with Gasteiger partial charge < -0.3 is 0 Å². The third kappa shape index (κ3) is 0.914. The second-order valence-corrected chi connectivity index (χ2v) is 2.33. The Kier molecular flexibility index (Phi) is 1.24. The monoisotopic (exact) mass is 148 g/mol. The smallest absolute Gasteiger partial charge is 0.224 e. The highest BCUT2D eigenvalue weighted by molar-refractivity contribution is 5.35. The molecule has 54 valence electrons. The molecule has 0 bridgehead atoms. The molecule has 2 rings (SSSR count). The van der Waals surface area contributed by atoms with Gasteiger partial charge in [-0.25, -0.2) is 4.84 Å². The molecule has 0 N–H and O–H groups in total. The minimum atomic E-state index is 0.500. The van der Waals surface area contributed by atoms with Crippen LogP contribution in [0.3, 0.4) is 0 Å². The fraction of sp³-hybridized carbons (Fsp3) is 0.125. The van der Waals surface area contributed by atoms with Gasteiger partial charge in [0, 0.05) is 0 Å². The molecular weight excluding hydrogens is 142 g/mol. The fourth-order valence-electron chi connectivity index (χ4n) is 1.08. The second-order valence-electron chi connectivity index (χ2n) is 2.33. The number of carbonyl (C=O) groups excluding carboxylic acids is 1. The number of benzene rings is 1. The molecule has 0 amide bonds. The molecule has 3 heteroatoms. The number of hydrogen-bond acceptors (Lipinski definition) is 2. The van der Waals surface area contributed by atoms with Crippen LogP contribution in [0.2, 0.25) is 0 Å². The SMILES string of the molecule is O=C=[N+]1Cc2ccccc2O1. The van der Waals surface area contributed by atoms with E-state index in [1.54, 1.807) is 6.08 Å². The number of nitrogens with zero attached hydrogens (tertiary/aromatic N) is 1. The molecule has 1 aromatic carbocycles. The van der Waals surface area contributed by atoms with Crippen molar-refractivity contribution in [3.63, 3.8) is 0 Å². The molecule has 3 nitrogen and oxygen atoms in total. The molecular formula is C8H6NO2+. The first-order chi connectivity index (χ1) is 5.40. The normalized spacial score (nSPS) is 13.6. The van der Waals surface area contributed by atoms with Crippen molar-refractivity contribution < 1.29 is 14.4 Å². The average molecular weight is 148 g/mol. The van der Waals surface area contributed by atoms with E-state index in [0.29, 0.717) is 6.54 Å². The van der Waals surface area contributed by atoms with E-state index in [1.165, 1.54) is 0 Å². The Labute approximate surface area is 63.5 Å². The van der Waals surface area contributed by atoms with Gasteiger partial charge >= 0.3 is 6.08 Å². The number of isocyanates is 1. The summed E-state index contributed by atoms with van der Waals surface area (Å²) in [5.41, 5.74) is 1.02. The topological polar surface area (TPSA) is 29.3 Å². The Morgan fingerprint density at radius 1 is 1.45 bits per heavy atom. The molecule has 0 saturated carbocycles. The van der Waals surface area contributed by atoms with Crippen LogP contribution in [0.25, 0.3) is 0 Å². The van der Waals surface area contributed by atoms with Gasteiger partial charge in [0.25, 0.3) is 0 Å². The highest BCUT2D eigenvalue weighted by Crippen LogP contribution is 2.23. The lowest BCUT2D eigenvalue weighted by molar-refractivity contribution is -0.741. The van der Waals surface area contributed by atoms with Crippen LogP contribution in [0.5, 0.6) is 5.75 Å². The standard InChI is InChI=1S/C8H6NO2/c10-6-9-5-7-3-1-2-4-8(7)11-9/h1-4H,5H2/q+1. The average Bonchev–Trinajstić information content (AvgIpc) is 2.46. The van der Waals surface area contributed by atoms with Gasteiger partial charge in [-0.1, -0.05) is 12.1 Å². The Hall–Kier alpha value is -1.60. The van der Waals surface area contributed by atoms with Crippen molar-refractivity contribution >= 4 is 6.08 Å². The van der Waals surface area contributed by atoms with Gasteiger partial charge in [-0.3, -0.25) is 0 Å². The maximum Gasteiger partial charge on any atom is 0.478 e. The summed E-state index contributed by atoms with van der Waals surface area (Å²) in [5, 5.41) is 0. The van der Waals surface area contributed by atoms with Gasteiger partial charge in [-0.2, -0.15) is 4.79 Å². The van der Waals surface area contributed by atoms with E-state index in [-0.39, 0.29) is 0 Å². The molecule has 0 spiro atoms. The van der Waals surface area contributed by atoms with E-state index in [4.69, 9.17) is 4.84 Å². The second kappa shape index (κ2) is 2.22.